The number of rotatable bonds is 6. The molecule has 1 aromatic rings. The second-order valence-electron chi connectivity index (χ2n) is 2.83. The second-order valence-corrected chi connectivity index (χ2v) is 2.83. The maximum absolute atomic E-state index is 8.79. The van der Waals surface area contributed by atoms with Crippen molar-refractivity contribution in [3.05, 3.63) is 30.6 Å². The van der Waals surface area contributed by atoms with Crippen LogP contribution in [-0.4, -0.2) is 39.9 Å². The smallest absolute Gasteiger partial charge is 0.0558 e. The summed E-state index contributed by atoms with van der Waals surface area (Å²) in [6.45, 7) is 6.04. The first-order chi connectivity index (χ1) is 6.36. The van der Waals surface area contributed by atoms with Gasteiger partial charge in [-0.1, -0.05) is 6.08 Å². The highest BCUT2D eigenvalue weighted by Gasteiger charge is 2.03. The summed E-state index contributed by atoms with van der Waals surface area (Å²) in [4.78, 5) is 2.08. The maximum Gasteiger partial charge on any atom is 0.0558 e. The molecule has 0 bridgehead atoms. The Morgan fingerprint density at radius 2 is 2.54 bits per heavy atom. The lowest BCUT2D eigenvalue weighted by molar-refractivity contribution is 0.202. The summed E-state index contributed by atoms with van der Waals surface area (Å²) in [6.07, 6.45) is 3.55. The molecular formula is C9H15N3O. The SMILES string of the molecule is C=CCN(CCO)Cc1ccn[nH]1. The highest BCUT2D eigenvalue weighted by molar-refractivity contribution is 4.97. The van der Waals surface area contributed by atoms with Crippen LogP contribution in [0.1, 0.15) is 5.69 Å². The molecule has 1 aromatic heterocycles. The lowest BCUT2D eigenvalue weighted by atomic mass is 10.3. The molecule has 0 amide bonds. The van der Waals surface area contributed by atoms with E-state index in [4.69, 9.17) is 5.11 Å². The fraction of sp³-hybridized carbons (Fsp3) is 0.444. The van der Waals surface area contributed by atoms with Gasteiger partial charge in [0, 0.05) is 31.5 Å². The minimum Gasteiger partial charge on any atom is -0.395 e. The van der Waals surface area contributed by atoms with Gasteiger partial charge in [-0.25, -0.2) is 0 Å². The molecule has 0 atom stereocenters. The molecule has 0 aliphatic heterocycles. The summed E-state index contributed by atoms with van der Waals surface area (Å²) in [6, 6.07) is 1.92. The number of nitrogens with one attached hydrogen (secondary N) is 1. The van der Waals surface area contributed by atoms with Crippen LogP contribution in [0, 0.1) is 0 Å². The first-order valence-corrected chi connectivity index (χ1v) is 4.29. The molecule has 13 heavy (non-hydrogen) atoms. The van der Waals surface area contributed by atoms with Crippen molar-refractivity contribution in [2.24, 2.45) is 0 Å². The first-order valence-electron chi connectivity index (χ1n) is 4.29. The Kier molecular flexibility index (Phi) is 4.21. The van der Waals surface area contributed by atoms with Crippen LogP contribution in [0.3, 0.4) is 0 Å². The number of aliphatic hydroxyl groups excluding tert-OH is 1. The summed E-state index contributed by atoms with van der Waals surface area (Å²) in [7, 11) is 0. The van der Waals surface area contributed by atoms with Crippen LogP contribution in [0.5, 0.6) is 0 Å². The maximum atomic E-state index is 8.79. The van der Waals surface area contributed by atoms with Crippen LogP contribution in [0.25, 0.3) is 0 Å². The summed E-state index contributed by atoms with van der Waals surface area (Å²) in [5.41, 5.74) is 1.05. The van der Waals surface area contributed by atoms with E-state index in [9.17, 15) is 0 Å². The van der Waals surface area contributed by atoms with Gasteiger partial charge in [0.2, 0.25) is 0 Å². The topological polar surface area (TPSA) is 52.1 Å². The molecule has 0 aromatic carbocycles. The molecule has 2 N–H and O–H groups in total. The van der Waals surface area contributed by atoms with Crippen LogP contribution >= 0.6 is 0 Å². The first kappa shape index (κ1) is 9.95. The Bertz CT molecular complexity index is 233. The third-order valence-corrected chi connectivity index (χ3v) is 1.76. The molecule has 4 nitrogen and oxygen atoms in total. The van der Waals surface area contributed by atoms with E-state index in [0.29, 0.717) is 6.54 Å². The van der Waals surface area contributed by atoms with Crippen LogP contribution in [0.4, 0.5) is 0 Å². The van der Waals surface area contributed by atoms with Gasteiger partial charge in [-0.15, -0.1) is 6.58 Å². The molecule has 1 heterocycles. The number of nitrogens with zero attached hydrogens (tertiary/aromatic N) is 2. The fourth-order valence-corrected chi connectivity index (χ4v) is 1.17. The van der Waals surface area contributed by atoms with Crippen molar-refractivity contribution in [3.63, 3.8) is 0 Å². The monoisotopic (exact) mass is 181 g/mol. The predicted molar refractivity (Wildman–Crippen MR) is 51.1 cm³/mol. The zero-order chi connectivity index (χ0) is 9.52. The van der Waals surface area contributed by atoms with Gasteiger partial charge in [0.15, 0.2) is 0 Å². The number of hydrogen-bond acceptors (Lipinski definition) is 3. The van der Waals surface area contributed by atoms with Crippen LogP contribution in [-0.2, 0) is 6.54 Å². The standard InChI is InChI=1S/C9H15N3O/c1-2-5-12(6-7-13)8-9-3-4-10-11-9/h2-4,13H,1,5-8H2,(H,10,11). The Hall–Kier alpha value is -1.13. The molecule has 0 unspecified atom stereocenters. The highest BCUT2D eigenvalue weighted by atomic mass is 16.3. The molecule has 0 saturated heterocycles. The van der Waals surface area contributed by atoms with Gasteiger partial charge < -0.3 is 5.11 Å². The minimum atomic E-state index is 0.169. The largest absolute Gasteiger partial charge is 0.395 e. The van der Waals surface area contributed by atoms with Gasteiger partial charge in [0.05, 0.1) is 6.61 Å². The van der Waals surface area contributed by atoms with Gasteiger partial charge in [-0.05, 0) is 6.07 Å². The molecule has 0 aliphatic carbocycles. The third-order valence-electron chi connectivity index (χ3n) is 1.76. The summed E-state index contributed by atoms with van der Waals surface area (Å²) < 4.78 is 0. The fourth-order valence-electron chi connectivity index (χ4n) is 1.17. The minimum absolute atomic E-state index is 0.169. The Balaban J connectivity index is 2.42. The molecule has 72 valence electrons. The molecular weight excluding hydrogens is 166 g/mol. The number of H-pyrrole nitrogens is 1. The number of aromatic amines is 1. The lowest BCUT2D eigenvalue weighted by Gasteiger charge is -2.17. The zero-order valence-electron chi connectivity index (χ0n) is 7.61. The summed E-state index contributed by atoms with van der Waals surface area (Å²) in [5.74, 6) is 0. The molecule has 0 fully saturated rings. The van der Waals surface area contributed by atoms with Crippen molar-refractivity contribution in [2.75, 3.05) is 19.7 Å². The molecule has 0 saturated carbocycles. The number of hydrogen-bond donors (Lipinski definition) is 2. The normalized spacial score (nSPS) is 10.6. The Morgan fingerprint density at radius 3 is 3.08 bits per heavy atom. The van der Waals surface area contributed by atoms with E-state index in [2.05, 4.69) is 21.7 Å². The number of aromatic nitrogens is 2. The van der Waals surface area contributed by atoms with E-state index < -0.39 is 0 Å². The van der Waals surface area contributed by atoms with Crippen molar-refractivity contribution in [1.82, 2.24) is 15.1 Å². The van der Waals surface area contributed by atoms with Crippen molar-refractivity contribution in [3.8, 4) is 0 Å². The predicted octanol–water partition coefficient (Wildman–Crippen LogP) is 0.390. The quantitative estimate of drug-likeness (QED) is 0.624. The Labute approximate surface area is 77.9 Å². The van der Waals surface area contributed by atoms with Gasteiger partial charge in [0.25, 0.3) is 0 Å². The molecule has 0 radical (unpaired) electrons. The van der Waals surface area contributed by atoms with Crippen LogP contribution in [0.2, 0.25) is 0 Å². The summed E-state index contributed by atoms with van der Waals surface area (Å²) >= 11 is 0. The Morgan fingerprint density at radius 1 is 1.69 bits per heavy atom. The molecule has 1 rings (SSSR count). The van der Waals surface area contributed by atoms with Crippen molar-refractivity contribution >= 4 is 0 Å². The van der Waals surface area contributed by atoms with Gasteiger partial charge in [-0.2, -0.15) is 5.10 Å². The van der Waals surface area contributed by atoms with Gasteiger partial charge in [-0.3, -0.25) is 10.00 Å². The average molecular weight is 181 g/mol. The second kappa shape index (κ2) is 5.50. The van der Waals surface area contributed by atoms with Crippen LogP contribution < -0.4 is 0 Å². The number of aliphatic hydroxyl groups is 1. The van der Waals surface area contributed by atoms with Gasteiger partial charge in [0.1, 0.15) is 0 Å². The highest BCUT2D eigenvalue weighted by Crippen LogP contribution is 1.99. The van der Waals surface area contributed by atoms with E-state index in [1.54, 1.807) is 6.20 Å². The average Bonchev–Trinajstić information content (AvgIpc) is 2.58. The molecule has 0 aliphatic rings. The summed E-state index contributed by atoms with van der Waals surface area (Å²) in [5, 5.41) is 15.5. The van der Waals surface area contributed by atoms with Gasteiger partial charge >= 0.3 is 0 Å². The van der Waals surface area contributed by atoms with E-state index >= 15 is 0 Å². The van der Waals surface area contributed by atoms with Crippen molar-refractivity contribution in [1.29, 1.82) is 0 Å². The van der Waals surface area contributed by atoms with E-state index in [-0.39, 0.29) is 6.61 Å². The molecule has 0 spiro atoms. The molecule has 4 heteroatoms. The lowest BCUT2D eigenvalue weighted by Crippen LogP contribution is -2.26. The zero-order valence-corrected chi connectivity index (χ0v) is 7.61. The third kappa shape index (κ3) is 3.40. The van der Waals surface area contributed by atoms with Crippen molar-refractivity contribution < 1.29 is 5.11 Å². The van der Waals surface area contributed by atoms with E-state index in [1.807, 2.05) is 12.1 Å². The van der Waals surface area contributed by atoms with Crippen LogP contribution in [0.15, 0.2) is 24.9 Å². The van der Waals surface area contributed by atoms with E-state index in [1.165, 1.54) is 0 Å². The van der Waals surface area contributed by atoms with E-state index in [0.717, 1.165) is 18.8 Å². The van der Waals surface area contributed by atoms with Crippen molar-refractivity contribution in [2.45, 2.75) is 6.54 Å².